The fourth-order valence-electron chi connectivity index (χ4n) is 1.96. The maximum atomic E-state index is 12.8. The van der Waals surface area contributed by atoms with Gasteiger partial charge in [-0.25, -0.2) is 0 Å². The van der Waals surface area contributed by atoms with Crippen molar-refractivity contribution in [3.05, 3.63) is 57.3 Å². The lowest BCUT2D eigenvalue weighted by Crippen LogP contribution is -2.29. The van der Waals surface area contributed by atoms with Crippen molar-refractivity contribution in [1.82, 2.24) is 5.32 Å². The number of carbonyl (C=O) groups excluding carboxylic acids is 1. The summed E-state index contributed by atoms with van der Waals surface area (Å²) < 4.78 is 76.6. The number of carbonyl (C=O) groups is 1. The Balaban J connectivity index is 2.23. The number of amides is 1. The van der Waals surface area contributed by atoms with Gasteiger partial charge in [-0.05, 0) is 40.6 Å². The van der Waals surface area contributed by atoms with Crippen molar-refractivity contribution in [3.8, 4) is 0 Å². The minimum Gasteiger partial charge on any atom is -0.387 e. The number of thiophene rings is 1. The van der Waals surface area contributed by atoms with E-state index < -0.39 is 41.1 Å². The first-order valence-electron chi connectivity index (χ1n) is 6.76. The van der Waals surface area contributed by atoms with E-state index in [4.69, 9.17) is 0 Å². The molecular formula is C15H11F6NO2S. The van der Waals surface area contributed by atoms with Crippen LogP contribution in [0.3, 0.4) is 0 Å². The highest BCUT2D eigenvalue weighted by molar-refractivity contribution is 7.07. The van der Waals surface area contributed by atoms with E-state index in [2.05, 4.69) is 5.32 Å². The molecule has 0 saturated carbocycles. The molecule has 2 N–H and O–H groups in total. The third kappa shape index (κ3) is 4.95. The summed E-state index contributed by atoms with van der Waals surface area (Å²) in [6.45, 7) is -0.354. The molecule has 0 aliphatic rings. The van der Waals surface area contributed by atoms with Gasteiger partial charge in [0.25, 0.3) is 5.91 Å². The SMILES string of the molecule is O=C(NCC(O)c1ccsc1)c1cc(C(F)(F)F)cc(C(F)(F)F)c1. The van der Waals surface area contributed by atoms with Crippen molar-refractivity contribution in [3.63, 3.8) is 0 Å². The van der Waals surface area contributed by atoms with Crippen molar-refractivity contribution >= 4 is 17.2 Å². The maximum Gasteiger partial charge on any atom is 0.416 e. The molecule has 0 spiro atoms. The van der Waals surface area contributed by atoms with E-state index in [-0.39, 0.29) is 12.6 Å². The highest BCUT2D eigenvalue weighted by atomic mass is 32.1. The Hall–Kier alpha value is -2.07. The Kier molecular flexibility index (Phi) is 5.43. The second kappa shape index (κ2) is 7.04. The number of alkyl halides is 6. The quantitative estimate of drug-likeness (QED) is 0.776. The van der Waals surface area contributed by atoms with Crippen molar-refractivity contribution in [2.75, 3.05) is 6.54 Å². The summed E-state index contributed by atoms with van der Waals surface area (Å²) in [4.78, 5) is 11.9. The molecule has 1 amide bonds. The summed E-state index contributed by atoms with van der Waals surface area (Å²) in [5.41, 5.74) is -3.47. The van der Waals surface area contributed by atoms with Gasteiger partial charge in [0.15, 0.2) is 0 Å². The van der Waals surface area contributed by atoms with Gasteiger partial charge in [0.1, 0.15) is 0 Å². The van der Waals surface area contributed by atoms with Gasteiger partial charge in [0, 0.05) is 12.1 Å². The molecule has 1 atom stereocenters. The number of aliphatic hydroxyl groups excluding tert-OH is 1. The first kappa shape index (κ1) is 19.3. The normalized spacial score (nSPS) is 13.6. The van der Waals surface area contributed by atoms with Crippen LogP contribution in [0.1, 0.15) is 33.2 Å². The zero-order valence-corrected chi connectivity index (χ0v) is 13.1. The Labute approximate surface area is 141 Å². The largest absolute Gasteiger partial charge is 0.416 e. The summed E-state index contributed by atoms with van der Waals surface area (Å²) in [7, 11) is 0. The van der Waals surface area contributed by atoms with Crippen LogP contribution < -0.4 is 5.32 Å². The second-order valence-electron chi connectivity index (χ2n) is 5.08. The van der Waals surface area contributed by atoms with E-state index in [9.17, 15) is 36.2 Å². The van der Waals surface area contributed by atoms with E-state index in [0.29, 0.717) is 17.7 Å². The van der Waals surface area contributed by atoms with Crippen LogP contribution >= 0.6 is 11.3 Å². The number of hydrogen-bond donors (Lipinski definition) is 2. The molecule has 1 aromatic heterocycles. The summed E-state index contributed by atoms with van der Waals surface area (Å²) in [6.07, 6.45) is -11.2. The monoisotopic (exact) mass is 383 g/mol. The number of benzene rings is 1. The predicted octanol–water partition coefficient (Wildman–Crippen LogP) is 4.25. The Morgan fingerprint density at radius 3 is 2.08 bits per heavy atom. The standard InChI is InChI=1S/C15H11F6NO2S/c16-14(17,18)10-3-9(4-11(5-10)15(19,20)21)13(24)22-6-12(23)8-1-2-25-7-8/h1-5,7,12,23H,6H2,(H,22,24). The van der Waals surface area contributed by atoms with Crippen molar-refractivity contribution in [1.29, 1.82) is 0 Å². The molecule has 0 bridgehead atoms. The highest BCUT2D eigenvalue weighted by Crippen LogP contribution is 2.36. The number of nitrogens with one attached hydrogen (secondary N) is 1. The first-order valence-corrected chi connectivity index (χ1v) is 7.70. The topological polar surface area (TPSA) is 49.3 Å². The van der Waals surface area contributed by atoms with Crippen molar-refractivity contribution in [2.24, 2.45) is 0 Å². The average Bonchev–Trinajstić information content (AvgIpc) is 3.04. The van der Waals surface area contributed by atoms with Crippen LogP contribution in [0.4, 0.5) is 26.3 Å². The summed E-state index contributed by atoms with van der Waals surface area (Å²) >= 11 is 1.29. The Morgan fingerprint density at radius 1 is 1.08 bits per heavy atom. The van der Waals surface area contributed by atoms with Crippen molar-refractivity contribution in [2.45, 2.75) is 18.5 Å². The third-order valence-corrected chi connectivity index (χ3v) is 3.94. The molecule has 10 heteroatoms. The fourth-order valence-corrected chi connectivity index (χ4v) is 2.67. The van der Waals surface area contributed by atoms with Crippen molar-refractivity contribution < 1.29 is 36.2 Å². The lowest BCUT2D eigenvalue weighted by atomic mass is 10.0. The molecule has 3 nitrogen and oxygen atoms in total. The van der Waals surface area contributed by atoms with Crippen LogP contribution in [-0.4, -0.2) is 17.6 Å². The molecule has 2 aromatic rings. The van der Waals surface area contributed by atoms with Crippen LogP contribution in [0.15, 0.2) is 35.0 Å². The zero-order valence-electron chi connectivity index (χ0n) is 12.3. The lowest BCUT2D eigenvalue weighted by molar-refractivity contribution is -0.143. The van der Waals surface area contributed by atoms with Crippen LogP contribution in [-0.2, 0) is 12.4 Å². The maximum absolute atomic E-state index is 12.8. The molecule has 0 radical (unpaired) electrons. The second-order valence-corrected chi connectivity index (χ2v) is 5.86. The number of aliphatic hydroxyl groups is 1. The molecule has 0 aliphatic carbocycles. The molecular weight excluding hydrogens is 372 g/mol. The number of rotatable bonds is 4. The number of halogens is 6. The third-order valence-electron chi connectivity index (χ3n) is 3.23. The van der Waals surface area contributed by atoms with E-state index in [1.807, 2.05) is 0 Å². The molecule has 1 aromatic carbocycles. The minimum absolute atomic E-state index is 0.0585. The fraction of sp³-hybridized carbons (Fsp3) is 0.267. The van der Waals surface area contributed by atoms with Gasteiger partial charge in [0.2, 0.25) is 0 Å². The zero-order chi connectivity index (χ0) is 18.8. The summed E-state index contributed by atoms with van der Waals surface area (Å²) in [5, 5.41) is 15.2. The molecule has 0 fully saturated rings. The molecule has 1 unspecified atom stereocenters. The molecule has 136 valence electrons. The van der Waals surface area contributed by atoms with Crippen LogP contribution in [0, 0.1) is 0 Å². The Bertz CT molecular complexity index is 707. The van der Waals surface area contributed by atoms with Gasteiger partial charge < -0.3 is 10.4 Å². The minimum atomic E-state index is -5.04. The lowest BCUT2D eigenvalue weighted by Gasteiger charge is -2.15. The van der Waals surface area contributed by atoms with Gasteiger partial charge >= 0.3 is 12.4 Å². The summed E-state index contributed by atoms with van der Waals surface area (Å²) in [5.74, 6) is -1.15. The predicted molar refractivity (Wildman–Crippen MR) is 78.1 cm³/mol. The van der Waals surface area contributed by atoms with Crippen LogP contribution in [0.25, 0.3) is 0 Å². The van der Waals surface area contributed by atoms with E-state index in [1.165, 1.54) is 11.3 Å². The smallest absolute Gasteiger partial charge is 0.387 e. The van der Waals surface area contributed by atoms with Crippen LogP contribution in [0.2, 0.25) is 0 Å². The van der Waals surface area contributed by atoms with Crippen LogP contribution in [0.5, 0.6) is 0 Å². The highest BCUT2D eigenvalue weighted by Gasteiger charge is 2.37. The molecule has 0 aliphatic heterocycles. The van der Waals surface area contributed by atoms with Gasteiger partial charge in [-0.2, -0.15) is 37.7 Å². The Morgan fingerprint density at radius 2 is 1.64 bits per heavy atom. The number of hydrogen-bond acceptors (Lipinski definition) is 3. The molecule has 1 heterocycles. The average molecular weight is 383 g/mol. The van der Waals surface area contributed by atoms with Gasteiger partial charge in [-0.15, -0.1) is 0 Å². The van der Waals surface area contributed by atoms with Gasteiger partial charge in [-0.1, -0.05) is 0 Å². The molecule has 25 heavy (non-hydrogen) atoms. The van der Waals surface area contributed by atoms with Gasteiger partial charge in [0.05, 0.1) is 17.2 Å². The molecule has 2 rings (SSSR count). The summed E-state index contributed by atoms with van der Waals surface area (Å²) in [6, 6.07) is 2.19. The van der Waals surface area contributed by atoms with E-state index in [0.717, 1.165) is 0 Å². The van der Waals surface area contributed by atoms with E-state index in [1.54, 1.807) is 16.8 Å². The van der Waals surface area contributed by atoms with E-state index >= 15 is 0 Å². The van der Waals surface area contributed by atoms with Gasteiger partial charge in [-0.3, -0.25) is 4.79 Å². The molecule has 0 saturated heterocycles. The first-order chi connectivity index (χ1) is 11.5.